The largest absolute Gasteiger partial charge is 0.339 e. The summed E-state index contributed by atoms with van der Waals surface area (Å²) in [6.45, 7) is 10.4. The van der Waals surface area contributed by atoms with Crippen LogP contribution in [0.3, 0.4) is 0 Å². The number of urea groups is 1. The van der Waals surface area contributed by atoms with Gasteiger partial charge in [-0.25, -0.2) is 22.5 Å². The molecule has 1 fully saturated rings. The van der Waals surface area contributed by atoms with Crippen LogP contribution in [0.5, 0.6) is 0 Å². The number of aromatic nitrogens is 1. The fourth-order valence-corrected chi connectivity index (χ4v) is 4.53. The Morgan fingerprint density at radius 1 is 1.00 bits per heavy atom. The van der Waals surface area contributed by atoms with Crippen LogP contribution in [-0.2, 0) is 15.4 Å². The Hall–Kier alpha value is -2.41. The molecular weight excluding hydrogens is 362 g/mol. The van der Waals surface area contributed by atoms with E-state index in [-0.39, 0.29) is 23.4 Å². The lowest BCUT2D eigenvalue weighted by Crippen LogP contribution is -2.36. The first-order chi connectivity index (χ1) is 12.5. The van der Waals surface area contributed by atoms with Crippen LogP contribution in [0.1, 0.15) is 37.6 Å². The van der Waals surface area contributed by atoms with E-state index < -0.39 is 16.1 Å². The Kier molecular flexibility index (Phi) is 4.76. The summed E-state index contributed by atoms with van der Waals surface area (Å²) < 4.78 is 26.9. The molecule has 0 aliphatic carbocycles. The summed E-state index contributed by atoms with van der Waals surface area (Å²) in [6, 6.07) is 9.89. The predicted octanol–water partition coefficient (Wildman–Crippen LogP) is 3.63. The average molecular weight is 388 g/mol. The van der Waals surface area contributed by atoms with Gasteiger partial charge in [-0.1, -0.05) is 32.9 Å². The number of carbonyl (C=O) groups excluding carboxylic acids is 1. The number of nitrogens with zero attached hydrogens (tertiary/aromatic N) is 3. The SMILES string of the molecule is Cc1cc(C)nc(N2CCN(S(=O)(=O)c3ccc(C(C)(C)C)cc3)C2=O)c1. The third-order valence-corrected chi connectivity index (χ3v) is 6.43. The van der Waals surface area contributed by atoms with Crippen LogP contribution in [0.25, 0.3) is 0 Å². The molecule has 0 N–H and O–H groups in total. The Labute approximate surface area is 160 Å². The number of aryl methyl sites for hydroxylation is 2. The molecule has 0 radical (unpaired) electrons. The van der Waals surface area contributed by atoms with E-state index in [1.54, 1.807) is 30.3 Å². The summed E-state index contributed by atoms with van der Waals surface area (Å²) in [5, 5.41) is 0. The van der Waals surface area contributed by atoms with Gasteiger partial charge in [-0.05, 0) is 54.7 Å². The number of rotatable bonds is 3. The standard InChI is InChI=1S/C20H25N3O3S/c1-14-12-15(2)21-18(13-14)22-10-11-23(19(22)24)27(25,26)17-8-6-16(7-9-17)20(3,4)5/h6-9,12-13H,10-11H2,1-5H3. The maximum atomic E-state index is 13.0. The summed E-state index contributed by atoms with van der Waals surface area (Å²) in [5.41, 5.74) is 2.73. The molecule has 1 aliphatic rings. The number of pyridine rings is 1. The second kappa shape index (κ2) is 6.64. The zero-order valence-corrected chi connectivity index (χ0v) is 17.2. The molecule has 1 aromatic carbocycles. The topological polar surface area (TPSA) is 70.6 Å². The molecule has 0 spiro atoms. The van der Waals surface area contributed by atoms with Gasteiger partial charge in [0, 0.05) is 12.2 Å². The highest BCUT2D eigenvalue weighted by molar-refractivity contribution is 7.89. The first-order valence-corrected chi connectivity index (χ1v) is 10.3. The first kappa shape index (κ1) is 19.4. The van der Waals surface area contributed by atoms with E-state index >= 15 is 0 Å². The number of amides is 2. The van der Waals surface area contributed by atoms with Gasteiger partial charge in [0.25, 0.3) is 10.0 Å². The second-order valence-electron chi connectivity index (χ2n) is 7.93. The Balaban J connectivity index is 1.89. The molecule has 2 heterocycles. The maximum absolute atomic E-state index is 13.0. The third kappa shape index (κ3) is 3.69. The van der Waals surface area contributed by atoms with Crippen molar-refractivity contribution in [2.24, 2.45) is 0 Å². The highest BCUT2D eigenvalue weighted by Crippen LogP contribution is 2.28. The molecule has 1 aromatic heterocycles. The maximum Gasteiger partial charge on any atom is 0.339 e. The van der Waals surface area contributed by atoms with Crippen molar-refractivity contribution in [1.29, 1.82) is 0 Å². The summed E-state index contributed by atoms with van der Waals surface area (Å²) in [6.07, 6.45) is 0. The van der Waals surface area contributed by atoms with Gasteiger partial charge in [0.15, 0.2) is 0 Å². The summed E-state index contributed by atoms with van der Waals surface area (Å²) in [7, 11) is -3.90. The Morgan fingerprint density at radius 3 is 2.19 bits per heavy atom. The molecule has 3 rings (SSSR count). The lowest BCUT2D eigenvalue weighted by molar-refractivity contribution is 0.239. The van der Waals surface area contributed by atoms with Crippen molar-refractivity contribution in [1.82, 2.24) is 9.29 Å². The van der Waals surface area contributed by atoms with Crippen LogP contribution in [0.4, 0.5) is 10.6 Å². The van der Waals surface area contributed by atoms with E-state index in [4.69, 9.17) is 0 Å². The van der Waals surface area contributed by atoms with Crippen LogP contribution >= 0.6 is 0 Å². The van der Waals surface area contributed by atoms with E-state index in [9.17, 15) is 13.2 Å². The van der Waals surface area contributed by atoms with E-state index in [0.717, 1.165) is 21.1 Å². The van der Waals surface area contributed by atoms with Crippen LogP contribution in [0, 0.1) is 13.8 Å². The van der Waals surface area contributed by atoms with E-state index in [1.807, 2.05) is 19.9 Å². The molecule has 0 saturated carbocycles. The van der Waals surface area contributed by atoms with Crippen LogP contribution < -0.4 is 4.90 Å². The predicted molar refractivity (Wildman–Crippen MR) is 105 cm³/mol. The number of carbonyl (C=O) groups is 1. The van der Waals surface area contributed by atoms with E-state index in [0.29, 0.717) is 5.82 Å². The van der Waals surface area contributed by atoms with Gasteiger partial charge < -0.3 is 0 Å². The van der Waals surface area contributed by atoms with Crippen LogP contribution in [-0.4, -0.2) is 36.8 Å². The number of benzene rings is 1. The minimum atomic E-state index is -3.90. The van der Waals surface area contributed by atoms with Gasteiger partial charge in [0.2, 0.25) is 0 Å². The minimum absolute atomic E-state index is 0.0722. The monoisotopic (exact) mass is 387 g/mol. The molecule has 7 heteroatoms. The molecule has 144 valence electrons. The zero-order chi connectivity index (χ0) is 20.0. The average Bonchev–Trinajstić information content (AvgIpc) is 2.95. The van der Waals surface area contributed by atoms with Crippen molar-refractivity contribution in [2.75, 3.05) is 18.0 Å². The normalized spacial score (nSPS) is 15.5. The molecule has 1 aliphatic heterocycles. The fraction of sp³-hybridized carbons (Fsp3) is 0.400. The molecule has 27 heavy (non-hydrogen) atoms. The van der Waals surface area contributed by atoms with Crippen molar-refractivity contribution in [2.45, 2.75) is 44.9 Å². The first-order valence-electron chi connectivity index (χ1n) is 8.90. The summed E-state index contributed by atoms with van der Waals surface area (Å²) in [5.74, 6) is 0.485. The molecule has 0 unspecified atom stereocenters. The van der Waals surface area contributed by atoms with E-state index in [2.05, 4.69) is 25.8 Å². The lowest BCUT2D eigenvalue weighted by Gasteiger charge is -2.21. The van der Waals surface area contributed by atoms with Crippen molar-refractivity contribution < 1.29 is 13.2 Å². The van der Waals surface area contributed by atoms with Crippen molar-refractivity contribution in [3.63, 3.8) is 0 Å². The quantitative estimate of drug-likeness (QED) is 0.806. The highest BCUT2D eigenvalue weighted by Gasteiger charge is 2.39. The molecule has 2 aromatic rings. The molecular formula is C20H25N3O3S. The number of hydrogen-bond acceptors (Lipinski definition) is 4. The van der Waals surface area contributed by atoms with Crippen molar-refractivity contribution in [3.05, 3.63) is 53.2 Å². The second-order valence-corrected chi connectivity index (χ2v) is 9.79. The summed E-state index contributed by atoms with van der Waals surface area (Å²) >= 11 is 0. The molecule has 0 bridgehead atoms. The van der Waals surface area contributed by atoms with Gasteiger partial charge in [-0.15, -0.1) is 0 Å². The molecule has 1 saturated heterocycles. The number of hydrogen-bond donors (Lipinski definition) is 0. The Morgan fingerprint density at radius 2 is 1.63 bits per heavy atom. The molecule has 6 nitrogen and oxygen atoms in total. The zero-order valence-electron chi connectivity index (χ0n) is 16.4. The van der Waals surface area contributed by atoms with Gasteiger partial charge in [0.1, 0.15) is 5.82 Å². The number of sulfonamides is 1. The summed E-state index contributed by atoms with van der Waals surface area (Å²) in [4.78, 5) is 18.7. The molecule has 2 amide bonds. The third-order valence-electron chi connectivity index (χ3n) is 4.64. The van der Waals surface area contributed by atoms with Gasteiger partial charge in [0.05, 0.1) is 11.4 Å². The fourth-order valence-electron chi connectivity index (χ4n) is 3.16. The molecule has 0 atom stereocenters. The van der Waals surface area contributed by atoms with E-state index in [1.165, 1.54) is 4.90 Å². The smallest absolute Gasteiger partial charge is 0.276 e. The van der Waals surface area contributed by atoms with Crippen molar-refractivity contribution in [3.8, 4) is 0 Å². The van der Waals surface area contributed by atoms with Crippen LogP contribution in [0.15, 0.2) is 41.3 Å². The van der Waals surface area contributed by atoms with Gasteiger partial charge in [-0.3, -0.25) is 4.90 Å². The van der Waals surface area contributed by atoms with Crippen molar-refractivity contribution >= 4 is 21.9 Å². The van der Waals surface area contributed by atoms with Gasteiger partial charge >= 0.3 is 6.03 Å². The van der Waals surface area contributed by atoms with Gasteiger partial charge in [-0.2, -0.15) is 0 Å². The Bertz CT molecular complexity index is 956. The lowest BCUT2D eigenvalue weighted by atomic mass is 9.87. The highest BCUT2D eigenvalue weighted by atomic mass is 32.2. The number of anilines is 1. The minimum Gasteiger partial charge on any atom is -0.276 e. The van der Waals surface area contributed by atoms with Crippen LogP contribution in [0.2, 0.25) is 0 Å².